The molecule has 0 aromatic carbocycles. The zero-order valence-corrected chi connectivity index (χ0v) is 16.7. The summed E-state index contributed by atoms with van der Waals surface area (Å²) in [5.41, 5.74) is 0. The van der Waals surface area contributed by atoms with Crippen LogP contribution in [0.4, 0.5) is 0 Å². The van der Waals surface area contributed by atoms with Crippen LogP contribution in [-0.4, -0.2) is 63.2 Å². The number of aliphatic imine (C=N–C) groups is 1. The molecule has 2 fully saturated rings. The van der Waals surface area contributed by atoms with Crippen LogP contribution < -0.4 is 10.6 Å². The van der Waals surface area contributed by atoms with Gasteiger partial charge in [0, 0.05) is 33.3 Å². The first-order chi connectivity index (χ1) is 10.7. The molecule has 1 saturated carbocycles. The summed E-state index contributed by atoms with van der Waals surface area (Å²) in [7, 11) is 1.63. The number of carbonyl (C=O) groups excluding carboxylic acids is 1. The molecule has 0 radical (unpaired) electrons. The third-order valence-electron chi connectivity index (χ3n) is 4.61. The van der Waals surface area contributed by atoms with Crippen molar-refractivity contribution in [2.45, 2.75) is 32.6 Å². The summed E-state index contributed by atoms with van der Waals surface area (Å²) >= 11 is 0. The molecule has 2 aliphatic rings. The molecule has 7 heteroatoms. The first-order valence-electron chi connectivity index (χ1n) is 8.53. The second-order valence-corrected chi connectivity index (χ2v) is 6.22. The van der Waals surface area contributed by atoms with Gasteiger partial charge in [-0.15, -0.1) is 24.0 Å². The lowest BCUT2D eigenvalue weighted by molar-refractivity contribution is -0.119. The number of amides is 1. The second-order valence-electron chi connectivity index (χ2n) is 6.22. The van der Waals surface area contributed by atoms with Gasteiger partial charge in [-0.1, -0.05) is 12.8 Å². The van der Waals surface area contributed by atoms with Crippen LogP contribution in [0.3, 0.4) is 0 Å². The third kappa shape index (κ3) is 6.45. The summed E-state index contributed by atoms with van der Waals surface area (Å²) in [6, 6.07) is 0. The van der Waals surface area contributed by atoms with Gasteiger partial charge in [-0.2, -0.15) is 0 Å². The highest BCUT2D eigenvalue weighted by Gasteiger charge is 2.35. The van der Waals surface area contributed by atoms with Crippen molar-refractivity contribution in [1.29, 1.82) is 0 Å². The number of nitrogens with one attached hydrogen (secondary N) is 2. The molecule has 1 aliphatic heterocycles. The molecule has 0 aromatic rings. The van der Waals surface area contributed by atoms with Crippen LogP contribution in [0.25, 0.3) is 0 Å². The summed E-state index contributed by atoms with van der Waals surface area (Å²) in [6.07, 6.45) is 5.42. The monoisotopic (exact) mass is 438 g/mol. The lowest BCUT2D eigenvalue weighted by Crippen LogP contribution is -2.41. The summed E-state index contributed by atoms with van der Waals surface area (Å²) in [5, 5.41) is 6.13. The topological polar surface area (TPSA) is 66.0 Å². The Morgan fingerprint density at radius 1 is 1.22 bits per heavy atom. The number of methoxy groups -OCH3 is 1. The van der Waals surface area contributed by atoms with E-state index in [9.17, 15) is 4.79 Å². The highest BCUT2D eigenvalue weighted by Crippen LogP contribution is 2.35. The average molecular weight is 438 g/mol. The van der Waals surface area contributed by atoms with E-state index in [1.807, 2.05) is 0 Å². The number of likely N-dealkylation sites (tertiary alicyclic amines) is 1. The predicted octanol–water partition coefficient (Wildman–Crippen LogP) is 1.45. The Labute approximate surface area is 156 Å². The van der Waals surface area contributed by atoms with Crippen molar-refractivity contribution in [1.82, 2.24) is 15.5 Å². The lowest BCUT2D eigenvalue weighted by Gasteiger charge is -2.22. The van der Waals surface area contributed by atoms with E-state index in [1.54, 1.807) is 7.11 Å². The van der Waals surface area contributed by atoms with Crippen LogP contribution in [0.1, 0.15) is 32.6 Å². The maximum Gasteiger partial charge on any atom is 0.241 e. The molecule has 6 nitrogen and oxygen atoms in total. The van der Waals surface area contributed by atoms with Crippen LogP contribution in [0, 0.1) is 11.8 Å². The normalized spacial score (nSPS) is 23.9. The number of fused-ring (bicyclic) bond motifs is 1. The van der Waals surface area contributed by atoms with E-state index < -0.39 is 0 Å². The molecule has 1 amide bonds. The van der Waals surface area contributed by atoms with E-state index in [0.29, 0.717) is 13.2 Å². The van der Waals surface area contributed by atoms with Gasteiger partial charge in [0.05, 0.1) is 6.61 Å². The summed E-state index contributed by atoms with van der Waals surface area (Å²) < 4.78 is 4.92. The Balaban J connectivity index is 0.00000264. The van der Waals surface area contributed by atoms with Crippen molar-refractivity contribution >= 4 is 35.8 Å². The van der Waals surface area contributed by atoms with Crippen LogP contribution in [0.15, 0.2) is 4.99 Å². The van der Waals surface area contributed by atoms with Gasteiger partial charge in [0.25, 0.3) is 0 Å². The van der Waals surface area contributed by atoms with E-state index in [4.69, 9.17) is 4.74 Å². The molecule has 2 N–H and O–H groups in total. The number of halogens is 1. The van der Waals surface area contributed by atoms with E-state index in [-0.39, 0.29) is 36.4 Å². The van der Waals surface area contributed by atoms with E-state index >= 15 is 0 Å². The van der Waals surface area contributed by atoms with Crippen molar-refractivity contribution in [3.63, 3.8) is 0 Å². The molecular weight excluding hydrogens is 407 g/mol. The Morgan fingerprint density at radius 2 is 1.87 bits per heavy atom. The van der Waals surface area contributed by atoms with Gasteiger partial charge in [0.1, 0.15) is 6.54 Å². The van der Waals surface area contributed by atoms with Crippen LogP contribution >= 0.6 is 24.0 Å². The van der Waals surface area contributed by atoms with Gasteiger partial charge in [-0.05, 0) is 31.6 Å². The van der Waals surface area contributed by atoms with Crippen molar-refractivity contribution in [3.05, 3.63) is 0 Å². The van der Waals surface area contributed by atoms with Gasteiger partial charge < -0.3 is 20.3 Å². The largest absolute Gasteiger partial charge is 0.383 e. The second kappa shape index (κ2) is 11.1. The molecule has 1 heterocycles. The Hall–Kier alpha value is -0.570. The van der Waals surface area contributed by atoms with E-state index in [2.05, 4.69) is 27.4 Å². The number of nitrogens with zero attached hydrogens (tertiary/aromatic N) is 2. The zero-order chi connectivity index (χ0) is 15.8. The molecule has 0 spiro atoms. The lowest BCUT2D eigenvalue weighted by atomic mass is 9.82. The minimum Gasteiger partial charge on any atom is -0.383 e. The Kier molecular flexibility index (Phi) is 9.85. The fourth-order valence-electron chi connectivity index (χ4n) is 3.50. The van der Waals surface area contributed by atoms with Gasteiger partial charge in [-0.3, -0.25) is 4.79 Å². The Bertz CT molecular complexity index is 378. The van der Waals surface area contributed by atoms with Crippen molar-refractivity contribution in [2.24, 2.45) is 16.8 Å². The number of guanidine groups is 1. The quantitative estimate of drug-likeness (QED) is 0.285. The fraction of sp³-hybridized carbons (Fsp3) is 0.875. The van der Waals surface area contributed by atoms with Gasteiger partial charge >= 0.3 is 0 Å². The van der Waals surface area contributed by atoms with Crippen LogP contribution in [0.2, 0.25) is 0 Å². The molecule has 2 atom stereocenters. The number of hydrogen-bond donors (Lipinski definition) is 2. The standard InChI is InChI=1S/C16H30N4O2.HI/c1-3-17-16(19-10-15(21)18-8-9-22-2)20-11-13-6-4-5-7-14(13)12-20;/h13-14H,3-12H2,1-2H3,(H,17,19)(H,18,21);1H. The molecule has 134 valence electrons. The highest BCUT2D eigenvalue weighted by molar-refractivity contribution is 14.0. The molecule has 2 unspecified atom stereocenters. The minimum atomic E-state index is -0.0518. The fourth-order valence-corrected chi connectivity index (χ4v) is 3.50. The number of ether oxygens (including phenoxy) is 1. The third-order valence-corrected chi connectivity index (χ3v) is 4.61. The SMILES string of the molecule is CCNC(=NCC(=O)NCCOC)N1CC2CCCCC2C1.I. The van der Waals surface area contributed by atoms with Gasteiger partial charge in [0.15, 0.2) is 5.96 Å². The number of hydrogen-bond acceptors (Lipinski definition) is 3. The molecule has 1 aliphatic carbocycles. The highest BCUT2D eigenvalue weighted by atomic mass is 127. The molecule has 1 saturated heterocycles. The van der Waals surface area contributed by atoms with Crippen molar-refractivity contribution in [3.8, 4) is 0 Å². The summed E-state index contributed by atoms with van der Waals surface area (Å²) in [4.78, 5) is 18.6. The van der Waals surface area contributed by atoms with Crippen LogP contribution in [-0.2, 0) is 9.53 Å². The van der Waals surface area contributed by atoms with Gasteiger partial charge in [0.2, 0.25) is 5.91 Å². The Morgan fingerprint density at radius 3 is 2.43 bits per heavy atom. The molecule has 0 bridgehead atoms. The number of rotatable bonds is 6. The number of carbonyl (C=O) groups is 1. The average Bonchev–Trinajstić information content (AvgIpc) is 2.95. The zero-order valence-electron chi connectivity index (χ0n) is 14.3. The van der Waals surface area contributed by atoms with E-state index in [1.165, 1.54) is 25.7 Å². The predicted molar refractivity (Wildman–Crippen MR) is 103 cm³/mol. The molecule has 0 aromatic heterocycles. The maximum absolute atomic E-state index is 11.8. The summed E-state index contributed by atoms with van der Waals surface area (Å²) in [6.45, 7) is 6.31. The molecule has 23 heavy (non-hydrogen) atoms. The van der Waals surface area contributed by atoms with Crippen LogP contribution in [0.5, 0.6) is 0 Å². The van der Waals surface area contributed by atoms with Crippen molar-refractivity contribution < 1.29 is 9.53 Å². The molecular formula is C16H31IN4O2. The first-order valence-corrected chi connectivity index (χ1v) is 8.53. The minimum absolute atomic E-state index is 0. The van der Waals surface area contributed by atoms with Gasteiger partial charge in [-0.25, -0.2) is 4.99 Å². The van der Waals surface area contributed by atoms with Crippen molar-refractivity contribution in [2.75, 3.05) is 46.4 Å². The molecule has 2 rings (SSSR count). The summed E-state index contributed by atoms with van der Waals surface area (Å²) in [5.74, 6) is 2.46. The van der Waals surface area contributed by atoms with E-state index in [0.717, 1.165) is 37.4 Å². The smallest absolute Gasteiger partial charge is 0.241 e. The maximum atomic E-state index is 11.8. The first kappa shape index (κ1) is 20.5.